The first-order chi connectivity index (χ1) is 10.2. The number of aromatic carboxylic acids is 1. The van der Waals surface area contributed by atoms with Crippen molar-refractivity contribution in [1.82, 2.24) is 4.98 Å². The zero-order valence-electron chi connectivity index (χ0n) is 13.2. The Morgan fingerprint density at radius 2 is 1.86 bits per heavy atom. The van der Waals surface area contributed by atoms with Crippen molar-refractivity contribution < 1.29 is 24.3 Å². The highest BCUT2D eigenvalue weighted by molar-refractivity contribution is 6.55. The van der Waals surface area contributed by atoms with E-state index in [1.807, 2.05) is 27.7 Å². The van der Waals surface area contributed by atoms with Gasteiger partial charge in [-0.15, -0.1) is 0 Å². The van der Waals surface area contributed by atoms with Crippen LogP contribution in [-0.2, 0) is 9.31 Å². The molecule has 0 atom stereocenters. The van der Waals surface area contributed by atoms with E-state index in [9.17, 15) is 9.90 Å². The van der Waals surface area contributed by atoms with Gasteiger partial charge in [0.1, 0.15) is 0 Å². The monoisotopic (exact) mass is 305 g/mol. The van der Waals surface area contributed by atoms with Crippen LogP contribution >= 0.6 is 0 Å². The number of hydrogen-bond donors (Lipinski definition) is 2. The molecule has 0 amide bonds. The number of carbonyl (C=O) groups is 1. The van der Waals surface area contributed by atoms with Gasteiger partial charge in [0.2, 0.25) is 0 Å². The Labute approximate surface area is 129 Å². The van der Waals surface area contributed by atoms with Crippen LogP contribution in [0.5, 0.6) is 0 Å². The van der Waals surface area contributed by atoms with Crippen molar-refractivity contribution in [3.8, 4) is 0 Å². The minimum atomic E-state index is -1.05. The van der Waals surface area contributed by atoms with E-state index in [2.05, 4.69) is 4.98 Å². The van der Waals surface area contributed by atoms with Gasteiger partial charge in [0.15, 0.2) is 0 Å². The van der Waals surface area contributed by atoms with Crippen molar-refractivity contribution in [3.63, 3.8) is 0 Å². The molecule has 7 heteroatoms. The number of pyridine rings is 1. The molecule has 1 aromatic heterocycles. The van der Waals surface area contributed by atoms with Crippen LogP contribution in [0.3, 0.4) is 0 Å². The van der Waals surface area contributed by atoms with E-state index >= 15 is 0 Å². The van der Waals surface area contributed by atoms with Gasteiger partial charge in [0, 0.05) is 12.4 Å². The highest BCUT2D eigenvalue weighted by Crippen LogP contribution is 2.38. The molecule has 1 aliphatic rings. The van der Waals surface area contributed by atoms with E-state index in [-0.39, 0.29) is 12.2 Å². The minimum absolute atomic E-state index is 0.0833. The van der Waals surface area contributed by atoms with Gasteiger partial charge in [-0.25, -0.2) is 4.79 Å². The molecule has 1 aliphatic heterocycles. The fourth-order valence-corrected chi connectivity index (χ4v) is 2.05. The Bertz CT molecular complexity index is 596. The fraction of sp³-hybridized carbons (Fsp3) is 0.467. The topological polar surface area (TPSA) is 88.9 Å². The van der Waals surface area contributed by atoms with Gasteiger partial charge in [-0.05, 0) is 44.8 Å². The van der Waals surface area contributed by atoms with Gasteiger partial charge in [-0.3, -0.25) is 4.98 Å². The van der Waals surface area contributed by atoms with Gasteiger partial charge >= 0.3 is 13.1 Å². The molecule has 0 unspecified atom stereocenters. The Kier molecular flexibility index (Phi) is 4.42. The summed E-state index contributed by atoms with van der Waals surface area (Å²) in [5.41, 5.74) is 0.154. The molecule has 22 heavy (non-hydrogen) atoms. The van der Waals surface area contributed by atoms with Gasteiger partial charge in [0.05, 0.1) is 23.4 Å². The van der Waals surface area contributed by atoms with E-state index in [1.54, 1.807) is 6.08 Å². The van der Waals surface area contributed by atoms with E-state index in [0.717, 1.165) is 0 Å². The van der Waals surface area contributed by atoms with Gasteiger partial charge in [-0.2, -0.15) is 0 Å². The van der Waals surface area contributed by atoms with E-state index in [4.69, 9.17) is 14.4 Å². The summed E-state index contributed by atoms with van der Waals surface area (Å²) in [5, 5.41) is 18.6. The second-order valence-corrected chi connectivity index (χ2v) is 6.28. The average molecular weight is 305 g/mol. The van der Waals surface area contributed by atoms with E-state index in [0.29, 0.717) is 11.0 Å². The lowest BCUT2D eigenvalue weighted by atomic mass is 9.77. The summed E-state index contributed by atoms with van der Waals surface area (Å²) in [6.45, 7) is 7.44. The molecule has 2 heterocycles. The minimum Gasteiger partial charge on any atom is -0.478 e. The van der Waals surface area contributed by atoms with Crippen LogP contribution in [0.15, 0.2) is 23.9 Å². The van der Waals surface area contributed by atoms with Crippen molar-refractivity contribution in [2.24, 2.45) is 0 Å². The van der Waals surface area contributed by atoms with Gasteiger partial charge < -0.3 is 19.5 Å². The average Bonchev–Trinajstić information content (AvgIpc) is 2.65. The summed E-state index contributed by atoms with van der Waals surface area (Å²) < 4.78 is 11.8. The third kappa shape index (κ3) is 3.21. The molecule has 6 nitrogen and oxygen atoms in total. The Hall–Kier alpha value is -1.70. The number of carboxylic acid groups (broad SMARTS) is 1. The van der Waals surface area contributed by atoms with E-state index < -0.39 is 24.3 Å². The number of aromatic nitrogens is 1. The first-order valence-electron chi connectivity index (χ1n) is 7.01. The third-order valence-electron chi connectivity index (χ3n) is 4.10. The number of aliphatic hydroxyl groups excluding tert-OH is 1. The third-order valence-corrected chi connectivity index (χ3v) is 4.10. The van der Waals surface area contributed by atoms with Crippen LogP contribution < -0.4 is 0 Å². The molecule has 2 N–H and O–H groups in total. The molecule has 2 rings (SSSR count). The second-order valence-electron chi connectivity index (χ2n) is 6.28. The molecule has 1 saturated heterocycles. The van der Waals surface area contributed by atoms with Crippen molar-refractivity contribution in [1.29, 1.82) is 0 Å². The molecule has 0 saturated carbocycles. The predicted molar refractivity (Wildman–Crippen MR) is 82.3 cm³/mol. The highest BCUT2D eigenvalue weighted by Gasteiger charge is 2.52. The molecule has 1 fully saturated rings. The second kappa shape index (κ2) is 5.83. The summed E-state index contributed by atoms with van der Waals surface area (Å²) in [4.78, 5) is 14.9. The SMILES string of the molecule is CC1(C)OB(C(=Cc2cncc(C(=O)O)c2)CO)OC1(C)C. The molecule has 1 aromatic rings. The standard InChI is InChI=1S/C15H20BNO5/c1-14(2)15(3,4)22-16(21-14)12(9-18)6-10-5-11(13(19)20)8-17-7-10/h5-8,18H,9H2,1-4H3,(H,19,20). The molecular formula is C15H20BNO5. The molecule has 0 radical (unpaired) electrons. The molecular weight excluding hydrogens is 285 g/mol. The van der Waals surface area contributed by atoms with Crippen LogP contribution in [0.1, 0.15) is 43.6 Å². The largest absolute Gasteiger partial charge is 0.492 e. The molecule has 0 spiro atoms. The molecule has 0 aliphatic carbocycles. The van der Waals surface area contributed by atoms with Crippen LogP contribution in [-0.4, -0.2) is 46.1 Å². The smallest absolute Gasteiger partial charge is 0.478 e. The number of aliphatic hydroxyl groups is 1. The first kappa shape index (κ1) is 16.7. The molecule has 0 aromatic carbocycles. The Morgan fingerprint density at radius 3 is 2.36 bits per heavy atom. The van der Waals surface area contributed by atoms with Crippen molar-refractivity contribution in [2.75, 3.05) is 6.61 Å². The van der Waals surface area contributed by atoms with Gasteiger partial charge in [0.25, 0.3) is 0 Å². The number of rotatable bonds is 4. The first-order valence-corrected chi connectivity index (χ1v) is 7.01. The summed E-state index contributed by atoms with van der Waals surface area (Å²) in [7, 11) is -0.677. The van der Waals surface area contributed by atoms with Crippen LogP contribution in [0, 0.1) is 0 Å². The highest BCUT2D eigenvalue weighted by atomic mass is 16.7. The maximum absolute atomic E-state index is 11.0. The summed E-state index contributed by atoms with van der Waals surface area (Å²) in [6, 6.07) is 1.48. The van der Waals surface area contributed by atoms with Crippen molar-refractivity contribution in [3.05, 3.63) is 35.1 Å². The molecule has 0 bridgehead atoms. The Morgan fingerprint density at radius 1 is 1.27 bits per heavy atom. The van der Waals surface area contributed by atoms with Crippen LogP contribution in [0.4, 0.5) is 0 Å². The van der Waals surface area contributed by atoms with Crippen LogP contribution in [0.2, 0.25) is 0 Å². The fourth-order valence-electron chi connectivity index (χ4n) is 2.05. The maximum Gasteiger partial charge on any atom is 0.492 e. The summed E-state index contributed by atoms with van der Waals surface area (Å²) in [6.07, 6.45) is 4.43. The van der Waals surface area contributed by atoms with Crippen molar-refractivity contribution >= 4 is 19.2 Å². The summed E-state index contributed by atoms with van der Waals surface area (Å²) >= 11 is 0. The lowest BCUT2D eigenvalue weighted by Crippen LogP contribution is -2.41. The van der Waals surface area contributed by atoms with Gasteiger partial charge in [-0.1, -0.05) is 6.08 Å². The summed E-state index contributed by atoms with van der Waals surface area (Å²) in [5.74, 6) is -1.05. The lowest BCUT2D eigenvalue weighted by Gasteiger charge is -2.32. The van der Waals surface area contributed by atoms with Crippen molar-refractivity contribution in [2.45, 2.75) is 38.9 Å². The maximum atomic E-state index is 11.0. The molecule has 118 valence electrons. The quantitative estimate of drug-likeness (QED) is 0.824. The number of nitrogens with zero attached hydrogens (tertiary/aromatic N) is 1. The van der Waals surface area contributed by atoms with Crippen LogP contribution in [0.25, 0.3) is 6.08 Å². The number of carboxylic acids is 1. The normalized spacial score (nSPS) is 20.2. The lowest BCUT2D eigenvalue weighted by molar-refractivity contribution is 0.00578. The predicted octanol–water partition coefficient (Wildman–Crippen LogP) is 1.79. The van der Waals surface area contributed by atoms with E-state index in [1.165, 1.54) is 18.5 Å². The Balaban J connectivity index is 2.29. The zero-order valence-corrected chi connectivity index (χ0v) is 13.2. The zero-order chi connectivity index (χ0) is 16.5. The number of hydrogen-bond acceptors (Lipinski definition) is 5.